The molecule has 3 rings (SSSR count). The number of nitrogens with one attached hydrogen (secondary N) is 1. The summed E-state index contributed by atoms with van der Waals surface area (Å²) in [6, 6.07) is 8.88. The van der Waals surface area contributed by atoms with Crippen LogP contribution in [-0.2, 0) is 4.79 Å². The lowest BCUT2D eigenvalue weighted by molar-refractivity contribution is -0.117. The molecule has 1 aliphatic rings. The zero-order chi connectivity index (χ0) is 14.8. The zero-order valence-electron chi connectivity index (χ0n) is 11.1. The highest BCUT2D eigenvalue weighted by atomic mass is 79.9. The molecule has 108 valence electrons. The second kappa shape index (κ2) is 5.73. The van der Waals surface area contributed by atoms with Crippen molar-refractivity contribution in [3.8, 4) is 0 Å². The van der Waals surface area contributed by atoms with Gasteiger partial charge in [0.2, 0.25) is 5.91 Å². The first-order valence-corrected chi connectivity index (χ1v) is 7.40. The number of rotatable bonds is 3. The molecule has 1 aromatic carbocycles. The minimum Gasteiger partial charge on any atom is -0.457 e. The van der Waals surface area contributed by atoms with Crippen molar-refractivity contribution in [1.29, 1.82) is 0 Å². The fourth-order valence-corrected chi connectivity index (χ4v) is 2.78. The van der Waals surface area contributed by atoms with Crippen LogP contribution in [0.5, 0.6) is 0 Å². The molecule has 0 unspecified atom stereocenters. The smallest absolute Gasteiger partial charge is 0.260 e. The van der Waals surface area contributed by atoms with E-state index in [2.05, 4.69) is 21.2 Å². The summed E-state index contributed by atoms with van der Waals surface area (Å²) in [5.41, 5.74) is 1.76. The zero-order valence-corrected chi connectivity index (χ0v) is 12.7. The molecular formula is C15H13BrN2O3. The van der Waals surface area contributed by atoms with Crippen molar-refractivity contribution in [2.24, 2.45) is 0 Å². The van der Waals surface area contributed by atoms with Gasteiger partial charge in [-0.1, -0.05) is 12.1 Å². The molecule has 21 heavy (non-hydrogen) atoms. The van der Waals surface area contributed by atoms with E-state index < -0.39 is 0 Å². The molecule has 0 spiro atoms. The number of anilines is 2. The van der Waals surface area contributed by atoms with Gasteiger partial charge in [0.25, 0.3) is 5.91 Å². The van der Waals surface area contributed by atoms with E-state index in [1.807, 2.05) is 18.2 Å². The third-order valence-corrected chi connectivity index (χ3v) is 3.99. The minimum absolute atomic E-state index is 0.0844. The molecule has 2 heterocycles. The molecule has 0 saturated carbocycles. The van der Waals surface area contributed by atoms with Crippen LogP contribution in [0.15, 0.2) is 45.7 Å². The number of benzene rings is 1. The van der Waals surface area contributed by atoms with Gasteiger partial charge in [-0.05, 0) is 40.5 Å². The topological polar surface area (TPSA) is 62.6 Å². The summed E-state index contributed by atoms with van der Waals surface area (Å²) in [6.45, 7) is 0.682. The molecule has 2 amide bonds. The third kappa shape index (κ3) is 2.71. The molecule has 1 N–H and O–H groups in total. The van der Waals surface area contributed by atoms with E-state index in [4.69, 9.17) is 4.42 Å². The number of hydrogen-bond donors (Lipinski definition) is 1. The maximum Gasteiger partial charge on any atom is 0.260 e. The normalized spacial score (nSPS) is 14.5. The summed E-state index contributed by atoms with van der Waals surface area (Å²) >= 11 is 3.18. The van der Waals surface area contributed by atoms with Crippen molar-refractivity contribution < 1.29 is 14.0 Å². The molecule has 1 aromatic heterocycles. The maximum absolute atomic E-state index is 12.2. The van der Waals surface area contributed by atoms with E-state index in [1.54, 1.807) is 17.0 Å². The van der Waals surface area contributed by atoms with E-state index in [-0.39, 0.29) is 11.8 Å². The summed E-state index contributed by atoms with van der Waals surface area (Å²) in [5.74, 6) is -0.198. The molecule has 0 bridgehead atoms. The number of para-hydroxylation sites is 2. The number of furan rings is 1. The second-order valence-electron chi connectivity index (χ2n) is 4.73. The Bertz CT molecular complexity index is 696. The maximum atomic E-state index is 12.2. The molecule has 1 fully saturated rings. The van der Waals surface area contributed by atoms with E-state index in [1.165, 1.54) is 6.26 Å². The van der Waals surface area contributed by atoms with Gasteiger partial charge in [0.05, 0.1) is 23.2 Å². The van der Waals surface area contributed by atoms with Gasteiger partial charge >= 0.3 is 0 Å². The van der Waals surface area contributed by atoms with Gasteiger partial charge in [0.1, 0.15) is 0 Å². The van der Waals surface area contributed by atoms with E-state index in [0.717, 1.165) is 12.1 Å². The lowest BCUT2D eigenvalue weighted by atomic mass is 10.2. The van der Waals surface area contributed by atoms with Crippen LogP contribution in [0, 0.1) is 0 Å². The molecule has 0 radical (unpaired) electrons. The highest BCUT2D eigenvalue weighted by Gasteiger charge is 2.24. The van der Waals surface area contributed by atoms with Crippen molar-refractivity contribution in [2.45, 2.75) is 12.8 Å². The van der Waals surface area contributed by atoms with Gasteiger partial charge in [0.15, 0.2) is 4.67 Å². The molecule has 1 saturated heterocycles. The molecule has 6 heteroatoms. The van der Waals surface area contributed by atoms with Gasteiger partial charge in [-0.25, -0.2) is 0 Å². The number of amides is 2. The molecule has 0 aliphatic carbocycles. The summed E-state index contributed by atoms with van der Waals surface area (Å²) < 4.78 is 5.45. The fraction of sp³-hybridized carbons (Fsp3) is 0.200. The van der Waals surface area contributed by atoms with Crippen LogP contribution in [0.4, 0.5) is 11.4 Å². The Morgan fingerprint density at radius 3 is 2.76 bits per heavy atom. The Labute approximate surface area is 130 Å². The van der Waals surface area contributed by atoms with E-state index in [9.17, 15) is 9.59 Å². The minimum atomic E-state index is -0.283. The molecular weight excluding hydrogens is 336 g/mol. The van der Waals surface area contributed by atoms with Crippen LogP contribution in [0.25, 0.3) is 0 Å². The third-order valence-electron chi connectivity index (χ3n) is 3.38. The van der Waals surface area contributed by atoms with Crippen molar-refractivity contribution in [2.75, 3.05) is 16.8 Å². The number of carbonyl (C=O) groups excluding carboxylic acids is 2. The molecule has 1 aliphatic heterocycles. The Kier molecular flexibility index (Phi) is 3.79. The van der Waals surface area contributed by atoms with Crippen LogP contribution in [0.2, 0.25) is 0 Å². The van der Waals surface area contributed by atoms with Crippen molar-refractivity contribution in [3.05, 3.63) is 46.8 Å². The lowest BCUT2D eigenvalue weighted by Gasteiger charge is -2.19. The quantitative estimate of drug-likeness (QED) is 0.924. The monoisotopic (exact) mass is 348 g/mol. The number of hydrogen-bond acceptors (Lipinski definition) is 3. The van der Waals surface area contributed by atoms with Crippen molar-refractivity contribution in [3.63, 3.8) is 0 Å². The first-order valence-electron chi connectivity index (χ1n) is 6.60. The van der Waals surface area contributed by atoms with Crippen LogP contribution >= 0.6 is 15.9 Å². The predicted octanol–water partition coefficient (Wildman–Crippen LogP) is 3.42. The number of halogens is 1. The van der Waals surface area contributed by atoms with Gasteiger partial charge in [0, 0.05) is 13.0 Å². The molecule has 2 aromatic rings. The Morgan fingerprint density at radius 2 is 2.10 bits per heavy atom. The highest BCUT2D eigenvalue weighted by molar-refractivity contribution is 9.10. The van der Waals surface area contributed by atoms with E-state index in [0.29, 0.717) is 28.9 Å². The van der Waals surface area contributed by atoms with Gasteiger partial charge in [-0.15, -0.1) is 0 Å². The number of nitrogens with zero attached hydrogens (tertiary/aromatic N) is 1. The van der Waals surface area contributed by atoms with Gasteiger partial charge in [-0.3, -0.25) is 9.59 Å². The summed E-state index contributed by atoms with van der Waals surface area (Å²) in [5, 5.41) is 2.83. The summed E-state index contributed by atoms with van der Waals surface area (Å²) in [7, 11) is 0. The Balaban J connectivity index is 1.88. The summed E-state index contributed by atoms with van der Waals surface area (Å²) in [6.07, 6.45) is 2.83. The van der Waals surface area contributed by atoms with Gasteiger partial charge < -0.3 is 14.6 Å². The van der Waals surface area contributed by atoms with Crippen molar-refractivity contribution >= 4 is 39.1 Å². The van der Waals surface area contributed by atoms with Crippen LogP contribution in [-0.4, -0.2) is 18.4 Å². The van der Waals surface area contributed by atoms with Crippen molar-refractivity contribution in [1.82, 2.24) is 0 Å². The first kappa shape index (κ1) is 13.9. The largest absolute Gasteiger partial charge is 0.457 e. The van der Waals surface area contributed by atoms with Crippen LogP contribution in [0.1, 0.15) is 23.2 Å². The number of carbonyl (C=O) groups is 2. The van der Waals surface area contributed by atoms with Crippen LogP contribution in [0.3, 0.4) is 0 Å². The lowest BCUT2D eigenvalue weighted by Crippen LogP contribution is -2.25. The molecule has 0 atom stereocenters. The van der Waals surface area contributed by atoms with Crippen LogP contribution < -0.4 is 10.2 Å². The standard InChI is InChI=1S/C15H13BrN2O3/c16-14-10(7-9-21-14)15(20)17-11-4-1-2-5-12(11)18-8-3-6-13(18)19/h1-2,4-5,7,9H,3,6,8H2,(H,17,20). The average Bonchev–Trinajstić information content (AvgIpc) is 3.08. The van der Waals surface area contributed by atoms with Gasteiger partial charge in [-0.2, -0.15) is 0 Å². The SMILES string of the molecule is O=C(Nc1ccccc1N1CCCC1=O)c1ccoc1Br. The Hall–Kier alpha value is -2.08. The molecule has 5 nitrogen and oxygen atoms in total. The predicted molar refractivity (Wildman–Crippen MR) is 82.4 cm³/mol. The summed E-state index contributed by atoms with van der Waals surface area (Å²) in [4.78, 5) is 25.8. The fourth-order valence-electron chi connectivity index (χ4n) is 2.36. The van der Waals surface area contributed by atoms with E-state index >= 15 is 0 Å². The first-order chi connectivity index (χ1) is 10.2. The highest BCUT2D eigenvalue weighted by Crippen LogP contribution is 2.30. The second-order valence-corrected chi connectivity index (χ2v) is 5.45. The Morgan fingerprint density at radius 1 is 1.29 bits per heavy atom. The average molecular weight is 349 g/mol.